The third-order valence-electron chi connectivity index (χ3n) is 2.95. The molecular formula is C13H17ClN2O5. The van der Waals surface area contributed by atoms with Crippen molar-refractivity contribution >= 4 is 11.6 Å². The summed E-state index contributed by atoms with van der Waals surface area (Å²) >= 11 is 6.12. The number of alkyl halides is 1. The van der Waals surface area contributed by atoms with Gasteiger partial charge in [-0.1, -0.05) is 31.4 Å². The molecule has 1 saturated heterocycles. The molecule has 0 spiro atoms. The molecule has 0 aliphatic carbocycles. The smallest absolute Gasteiger partial charge is 0.330 e. The maximum atomic E-state index is 11.7. The summed E-state index contributed by atoms with van der Waals surface area (Å²) in [7, 11) is 0. The fraction of sp³-hybridized carbons (Fsp3) is 0.538. The number of hydrogen-bond acceptors (Lipinski definition) is 5. The quantitative estimate of drug-likeness (QED) is 0.500. The van der Waals surface area contributed by atoms with Crippen molar-refractivity contribution in [1.29, 1.82) is 0 Å². The molecule has 0 amide bonds. The Hall–Kier alpha value is -1.59. The Balaban J connectivity index is 0.00000106. The van der Waals surface area contributed by atoms with Gasteiger partial charge in [0.25, 0.3) is 5.56 Å². The van der Waals surface area contributed by atoms with Crippen LogP contribution in [0.3, 0.4) is 0 Å². The molecule has 1 aromatic rings. The summed E-state index contributed by atoms with van der Waals surface area (Å²) in [4.78, 5) is 23.0. The second-order valence-corrected chi connectivity index (χ2v) is 4.71. The first-order chi connectivity index (χ1) is 9.93. The Labute approximate surface area is 126 Å². The van der Waals surface area contributed by atoms with Gasteiger partial charge in [0.05, 0.1) is 6.61 Å². The molecule has 1 aliphatic heterocycles. The van der Waals surface area contributed by atoms with Crippen LogP contribution in [0.4, 0.5) is 0 Å². The first kappa shape index (κ1) is 17.5. The lowest BCUT2D eigenvalue weighted by Crippen LogP contribution is -2.44. The van der Waals surface area contributed by atoms with Crippen molar-refractivity contribution in [3.63, 3.8) is 0 Å². The summed E-state index contributed by atoms with van der Waals surface area (Å²) in [6.07, 6.45) is 2.88. The van der Waals surface area contributed by atoms with Gasteiger partial charge in [-0.25, -0.2) is 4.79 Å². The van der Waals surface area contributed by atoms with E-state index < -0.39 is 41.2 Å². The van der Waals surface area contributed by atoms with Crippen LogP contribution in [0.1, 0.15) is 20.1 Å². The minimum atomic E-state index is -1.71. The molecule has 116 valence electrons. The van der Waals surface area contributed by atoms with E-state index in [-0.39, 0.29) is 0 Å². The summed E-state index contributed by atoms with van der Waals surface area (Å²) in [6.45, 7) is 3.49. The first-order valence-electron chi connectivity index (χ1n) is 6.36. The highest BCUT2D eigenvalue weighted by Crippen LogP contribution is 2.42. The molecule has 0 bridgehead atoms. The van der Waals surface area contributed by atoms with Gasteiger partial charge in [-0.15, -0.1) is 6.42 Å². The van der Waals surface area contributed by atoms with E-state index in [1.54, 1.807) is 0 Å². The number of aromatic amines is 1. The number of rotatable bonds is 2. The second kappa shape index (κ2) is 6.91. The van der Waals surface area contributed by atoms with Crippen molar-refractivity contribution in [2.75, 3.05) is 6.61 Å². The normalized spacial score (nSPS) is 31.1. The minimum Gasteiger partial charge on any atom is -0.394 e. The van der Waals surface area contributed by atoms with E-state index in [9.17, 15) is 14.7 Å². The lowest BCUT2D eigenvalue weighted by atomic mass is 9.99. The number of terminal acetylenes is 1. The molecule has 8 heteroatoms. The monoisotopic (exact) mass is 316 g/mol. The van der Waals surface area contributed by atoms with Gasteiger partial charge in [-0.2, -0.15) is 0 Å². The molecule has 4 atom stereocenters. The third kappa shape index (κ3) is 3.04. The molecule has 4 unspecified atom stereocenters. The number of H-pyrrole nitrogens is 1. The van der Waals surface area contributed by atoms with E-state index in [2.05, 4.69) is 5.92 Å². The zero-order valence-corrected chi connectivity index (χ0v) is 12.4. The van der Waals surface area contributed by atoms with E-state index in [4.69, 9.17) is 27.9 Å². The zero-order valence-electron chi connectivity index (χ0n) is 11.6. The maximum absolute atomic E-state index is 11.7. The Kier molecular flexibility index (Phi) is 5.75. The van der Waals surface area contributed by atoms with Crippen molar-refractivity contribution in [2.45, 2.75) is 37.2 Å². The van der Waals surface area contributed by atoms with Crippen LogP contribution < -0.4 is 11.2 Å². The lowest BCUT2D eigenvalue weighted by Gasteiger charge is -2.25. The van der Waals surface area contributed by atoms with Gasteiger partial charge in [0.1, 0.15) is 12.2 Å². The number of hydrogen-bond donors (Lipinski definition) is 3. The van der Waals surface area contributed by atoms with Crippen LogP contribution in [0.5, 0.6) is 0 Å². The van der Waals surface area contributed by atoms with Gasteiger partial charge in [-0.3, -0.25) is 14.3 Å². The summed E-state index contributed by atoms with van der Waals surface area (Å²) < 4.78 is 6.27. The van der Waals surface area contributed by atoms with Gasteiger partial charge in [-0.05, 0) is 0 Å². The number of nitrogens with zero attached hydrogens (tertiary/aromatic N) is 1. The number of aromatic nitrogens is 2. The van der Waals surface area contributed by atoms with E-state index >= 15 is 0 Å². The molecule has 3 N–H and O–H groups in total. The number of halogens is 1. The summed E-state index contributed by atoms with van der Waals surface area (Å²) in [5, 5.41) is 19.0. The van der Waals surface area contributed by atoms with Crippen molar-refractivity contribution in [3.05, 3.63) is 33.1 Å². The summed E-state index contributed by atoms with van der Waals surface area (Å²) in [5.74, 6) is 2.17. The Morgan fingerprint density at radius 3 is 2.67 bits per heavy atom. The second-order valence-electron chi connectivity index (χ2n) is 4.08. The molecule has 2 heterocycles. The number of ether oxygens (including phenoxy) is 1. The Bertz CT molecular complexity index is 634. The molecule has 0 aromatic carbocycles. The lowest BCUT2D eigenvalue weighted by molar-refractivity contribution is -0.0464. The van der Waals surface area contributed by atoms with Gasteiger partial charge in [0.2, 0.25) is 0 Å². The van der Waals surface area contributed by atoms with Gasteiger partial charge in [0, 0.05) is 12.3 Å². The number of nitrogens with one attached hydrogen (secondary N) is 1. The molecule has 1 aromatic heterocycles. The highest BCUT2D eigenvalue weighted by Gasteiger charge is 2.55. The van der Waals surface area contributed by atoms with Crippen LogP contribution in [0.2, 0.25) is 0 Å². The molecule has 21 heavy (non-hydrogen) atoms. The van der Waals surface area contributed by atoms with Crippen LogP contribution in [0.15, 0.2) is 21.9 Å². The first-order valence-corrected chi connectivity index (χ1v) is 6.74. The van der Waals surface area contributed by atoms with E-state index in [1.807, 2.05) is 18.8 Å². The SMILES string of the molecule is C#CC1(Cl)C(O)C(CO)OC1n1ccc(=O)[nH]c1=O.CC. The molecule has 1 fully saturated rings. The standard InChI is InChI=1S/C11H11ClN2O5.C2H6/c1-2-11(12)8(17)6(5-15)19-9(11)14-4-3-7(16)13-10(14)18;1-2/h1,3-4,6,8-9,15,17H,5H2,(H,13,16,18);1-2H3. The van der Waals surface area contributed by atoms with Gasteiger partial charge < -0.3 is 14.9 Å². The van der Waals surface area contributed by atoms with Crippen molar-refractivity contribution in [1.82, 2.24) is 9.55 Å². The highest BCUT2D eigenvalue weighted by molar-refractivity contribution is 6.27. The Morgan fingerprint density at radius 2 is 2.19 bits per heavy atom. The highest BCUT2D eigenvalue weighted by atomic mass is 35.5. The minimum absolute atomic E-state index is 0.508. The van der Waals surface area contributed by atoms with Crippen LogP contribution in [-0.4, -0.2) is 43.5 Å². The van der Waals surface area contributed by atoms with E-state index in [0.717, 1.165) is 16.8 Å². The molecule has 7 nitrogen and oxygen atoms in total. The number of aliphatic hydroxyl groups excluding tert-OH is 2. The van der Waals surface area contributed by atoms with Gasteiger partial charge >= 0.3 is 5.69 Å². The average molecular weight is 317 g/mol. The van der Waals surface area contributed by atoms with Crippen molar-refractivity contribution in [3.8, 4) is 12.3 Å². The zero-order chi connectivity index (χ0) is 16.2. The molecule has 2 rings (SSSR count). The summed E-state index contributed by atoms with van der Waals surface area (Å²) in [6, 6.07) is 1.09. The summed E-state index contributed by atoms with van der Waals surface area (Å²) in [5.41, 5.74) is -1.36. The van der Waals surface area contributed by atoms with Crippen LogP contribution in [-0.2, 0) is 4.74 Å². The fourth-order valence-electron chi connectivity index (χ4n) is 1.94. The predicted octanol–water partition coefficient (Wildman–Crippen LogP) is -0.576. The maximum Gasteiger partial charge on any atom is 0.330 e. The Morgan fingerprint density at radius 1 is 1.57 bits per heavy atom. The van der Waals surface area contributed by atoms with Crippen LogP contribution >= 0.6 is 11.6 Å². The molecule has 0 radical (unpaired) electrons. The predicted molar refractivity (Wildman–Crippen MR) is 77.1 cm³/mol. The molecular weight excluding hydrogens is 300 g/mol. The van der Waals surface area contributed by atoms with E-state index in [0.29, 0.717) is 0 Å². The van der Waals surface area contributed by atoms with Crippen molar-refractivity contribution in [2.24, 2.45) is 0 Å². The van der Waals surface area contributed by atoms with Crippen LogP contribution in [0, 0.1) is 12.3 Å². The van der Waals surface area contributed by atoms with Crippen LogP contribution in [0.25, 0.3) is 0 Å². The number of aliphatic hydroxyl groups is 2. The molecule has 1 aliphatic rings. The fourth-order valence-corrected chi connectivity index (χ4v) is 2.23. The topological polar surface area (TPSA) is 105 Å². The van der Waals surface area contributed by atoms with E-state index in [1.165, 1.54) is 0 Å². The largest absolute Gasteiger partial charge is 0.394 e. The molecule has 0 saturated carbocycles. The van der Waals surface area contributed by atoms with Gasteiger partial charge in [0.15, 0.2) is 11.1 Å². The van der Waals surface area contributed by atoms with Crippen molar-refractivity contribution < 1.29 is 14.9 Å². The average Bonchev–Trinajstić information content (AvgIpc) is 2.74. The third-order valence-corrected chi connectivity index (χ3v) is 3.47.